The predicted molar refractivity (Wildman–Crippen MR) is 179 cm³/mol. The van der Waals surface area contributed by atoms with Gasteiger partial charge in [0.15, 0.2) is 17.8 Å². The van der Waals surface area contributed by atoms with Gasteiger partial charge in [-0.3, -0.25) is 0 Å². The van der Waals surface area contributed by atoms with Gasteiger partial charge in [0.1, 0.15) is 23.0 Å². The first-order valence-corrected chi connectivity index (χ1v) is 15.1. The monoisotopic (exact) mass is 644 g/mol. The van der Waals surface area contributed by atoms with Crippen molar-refractivity contribution in [2.24, 2.45) is 0 Å². The molecule has 0 atom stereocenters. The van der Waals surface area contributed by atoms with Crippen molar-refractivity contribution in [2.75, 3.05) is 27.4 Å². The molecular weight excluding hydrogens is 612 g/mol. The van der Waals surface area contributed by atoms with Crippen LogP contribution in [0.2, 0.25) is 0 Å². The van der Waals surface area contributed by atoms with Crippen LogP contribution in [0.1, 0.15) is 43.7 Å². The third-order valence-electron chi connectivity index (χ3n) is 7.33. The van der Waals surface area contributed by atoms with Crippen molar-refractivity contribution in [3.8, 4) is 34.5 Å². The van der Waals surface area contributed by atoms with Crippen LogP contribution in [0.15, 0.2) is 115 Å². The van der Waals surface area contributed by atoms with Crippen LogP contribution in [0.3, 0.4) is 0 Å². The molecule has 9 heteroatoms. The molecule has 1 fully saturated rings. The van der Waals surface area contributed by atoms with Crippen LogP contribution >= 0.6 is 0 Å². The molecule has 48 heavy (non-hydrogen) atoms. The van der Waals surface area contributed by atoms with E-state index in [1.807, 2.05) is 66.7 Å². The van der Waals surface area contributed by atoms with Gasteiger partial charge in [-0.05, 0) is 90.0 Å². The molecule has 242 valence electrons. The highest BCUT2D eigenvalue weighted by molar-refractivity contribution is 5.91. The summed E-state index contributed by atoms with van der Waals surface area (Å²) in [5.41, 5.74) is 3.20. The van der Waals surface area contributed by atoms with Crippen molar-refractivity contribution >= 4 is 24.1 Å². The van der Waals surface area contributed by atoms with Gasteiger partial charge in [0, 0.05) is 0 Å². The molecule has 0 unspecified atom stereocenters. The number of carbonyl (C=O) groups is 2. The molecule has 9 nitrogen and oxygen atoms in total. The maximum absolute atomic E-state index is 12.9. The second-order valence-corrected chi connectivity index (χ2v) is 10.6. The predicted octanol–water partition coefficient (Wildman–Crippen LogP) is 8.50. The maximum Gasteiger partial charge on any atom is 0.343 e. The Kier molecular flexibility index (Phi) is 10.1. The van der Waals surface area contributed by atoms with Crippen LogP contribution in [0.25, 0.3) is 12.2 Å². The molecule has 0 aromatic heterocycles. The van der Waals surface area contributed by atoms with Crippen molar-refractivity contribution < 1.29 is 42.7 Å². The maximum atomic E-state index is 12.9. The molecule has 0 aliphatic carbocycles. The lowest BCUT2D eigenvalue weighted by Gasteiger charge is -2.16. The molecule has 0 saturated carbocycles. The van der Waals surface area contributed by atoms with Crippen LogP contribution in [0, 0.1) is 0 Å². The Morgan fingerprint density at radius 3 is 2.00 bits per heavy atom. The fourth-order valence-electron chi connectivity index (χ4n) is 4.90. The summed E-state index contributed by atoms with van der Waals surface area (Å²) in [6.45, 7) is 1.01. The summed E-state index contributed by atoms with van der Waals surface area (Å²) in [7, 11) is 2.93. The minimum atomic E-state index is -0.532. The van der Waals surface area contributed by atoms with Crippen LogP contribution in [-0.2, 0) is 14.2 Å². The van der Waals surface area contributed by atoms with Crippen molar-refractivity contribution in [1.29, 1.82) is 0 Å². The fourth-order valence-corrected chi connectivity index (χ4v) is 4.90. The minimum Gasteiger partial charge on any atom is -0.497 e. The lowest BCUT2D eigenvalue weighted by Crippen LogP contribution is -2.09. The molecule has 0 radical (unpaired) electrons. The highest BCUT2D eigenvalue weighted by atomic mass is 16.7. The average molecular weight is 645 g/mol. The van der Waals surface area contributed by atoms with Gasteiger partial charge in [0.25, 0.3) is 0 Å². The molecule has 0 N–H and O–H groups in total. The van der Waals surface area contributed by atoms with E-state index in [2.05, 4.69) is 0 Å². The number of hydrogen-bond donors (Lipinski definition) is 0. The molecule has 5 aromatic carbocycles. The van der Waals surface area contributed by atoms with E-state index >= 15 is 0 Å². The van der Waals surface area contributed by atoms with E-state index in [0.29, 0.717) is 53.1 Å². The Labute approximate surface area is 277 Å². The highest BCUT2D eigenvalue weighted by Crippen LogP contribution is 2.37. The van der Waals surface area contributed by atoms with Crippen molar-refractivity contribution in [3.63, 3.8) is 0 Å². The van der Waals surface area contributed by atoms with Gasteiger partial charge in [-0.25, -0.2) is 9.59 Å². The molecule has 0 amide bonds. The minimum absolute atomic E-state index is 0.235. The van der Waals surface area contributed by atoms with Crippen LogP contribution in [0.5, 0.6) is 34.5 Å². The molecular formula is C39H32O9. The Balaban J connectivity index is 1.24. The Morgan fingerprint density at radius 2 is 1.27 bits per heavy atom. The molecule has 1 saturated heterocycles. The lowest BCUT2D eigenvalue weighted by molar-refractivity contribution is -0.0453. The van der Waals surface area contributed by atoms with Gasteiger partial charge in [0.2, 0.25) is 0 Å². The SMILES string of the molecule is COC(=O)c1ccc(Oc2cc(/C=C/c3cccc(Oc4ccc(OC)cc4C4OCCO4)c3)ccc2OC(=O)c2ccccc2)cc1. The van der Waals surface area contributed by atoms with Crippen LogP contribution in [-0.4, -0.2) is 39.4 Å². The summed E-state index contributed by atoms with van der Waals surface area (Å²) >= 11 is 0. The fraction of sp³-hybridized carbons (Fsp3) is 0.128. The van der Waals surface area contributed by atoms with Crippen molar-refractivity contribution in [2.45, 2.75) is 6.29 Å². The second kappa shape index (κ2) is 15.1. The molecule has 6 rings (SSSR count). The molecule has 1 aliphatic heterocycles. The quantitative estimate of drug-likeness (QED) is 0.0796. The van der Waals surface area contributed by atoms with E-state index < -0.39 is 18.2 Å². The summed E-state index contributed by atoms with van der Waals surface area (Å²) < 4.78 is 39.8. The standard InChI is InChI=1S/C39H32O9/c1-42-31-18-20-34(33(25-31)39-44-21-22-45-39)47-32-10-6-7-26(23-32)11-12-27-13-19-35(48-38(41)28-8-4-3-5-9-28)36(24-27)46-30-16-14-29(15-17-30)37(40)43-2/h3-20,23-25,39H,21-22H2,1-2H3/b12-11+. The second-order valence-electron chi connectivity index (χ2n) is 10.6. The van der Waals surface area contributed by atoms with Crippen molar-refractivity contribution in [3.05, 3.63) is 143 Å². The van der Waals surface area contributed by atoms with Gasteiger partial charge in [-0.2, -0.15) is 0 Å². The molecule has 5 aromatic rings. The van der Waals surface area contributed by atoms with E-state index in [1.165, 1.54) is 7.11 Å². The Hall–Kier alpha value is -5.90. The van der Waals surface area contributed by atoms with Gasteiger partial charge >= 0.3 is 11.9 Å². The third-order valence-corrected chi connectivity index (χ3v) is 7.33. The van der Waals surface area contributed by atoms with Crippen LogP contribution < -0.4 is 18.9 Å². The lowest BCUT2D eigenvalue weighted by atomic mass is 10.1. The van der Waals surface area contributed by atoms with E-state index in [1.54, 1.807) is 67.8 Å². The molecule has 1 heterocycles. The van der Waals surface area contributed by atoms with Crippen molar-refractivity contribution in [1.82, 2.24) is 0 Å². The largest absolute Gasteiger partial charge is 0.497 e. The van der Waals surface area contributed by atoms with E-state index in [9.17, 15) is 9.59 Å². The molecule has 1 aliphatic rings. The Morgan fingerprint density at radius 1 is 0.604 bits per heavy atom. The first-order valence-electron chi connectivity index (χ1n) is 15.1. The number of hydrogen-bond acceptors (Lipinski definition) is 9. The smallest absolute Gasteiger partial charge is 0.343 e. The van der Waals surface area contributed by atoms with Crippen LogP contribution in [0.4, 0.5) is 0 Å². The molecule has 0 spiro atoms. The highest BCUT2D eigenvalue weighted by Gasteiger charge is 2.23. The first kappa shape index (κ1) is 32.1. The Bertz CT molecular complexity index is 1910. The summed E-state index contributed by atoms with van der Waals surface area (Å²) in [5.74, 6) is 1.92. The van der Waals surface area contributed by atoms with E-state index in [0.717, 1.165) is 16.7 Å². The zero-order valence-corrected chi connectivity index (χ0v) is 26.3. The summed E-state index contributed by atoms with van der Waals surface area (Å²) in [6, 6.07) is 33.6. The topological polar surface area (TPSA) is 98.8 Å². The number of ether oxygens (including phenoxy) is 7. The normalized spacial score (nSPS) is 12.9. The average Bonchev–Trinajstić information content (AvgIpc) is 3.67. The zero-order chi connectivity index (χ0) is 33.3. The number of benzene rings is 5. The van der Waals surface area contributed by atoms with E-state index in [-0.39, 0.29) is 5.75 Å². The molecule has 0 bridgehead atoms. The van der Waals surface area contributed by atoms with Gasteiger partial charge in [-0.15, -0.1) is 0 Å². The summed E-state index contributed by atoms with van der Waals surface area (Å²) in [6.07, 6.45) is 3.31. The van der Waals surface area contributed by atoms with Gasteiger partial charge in [0.05, 0.1) is 44.1 Å². The van der Waals surface area contributed by atoms with E-state index in [4.69, 9.17) is 33.2 Å². The zero-order valence-electron chi connectivity index (χ0n) is 26.3. The number of methoxy groups -OCH3 is 2. The van der Waals surface area contributed by atoms with Gasteiger partial charge < -0.3 is 33.2 Å². The third kappa shape index (κ3) is 7.90. The number of esters is 2. The summed E-state index contributed by atoms with van der Waals surface area (Å²) in [4.78, 5) is 24.8. The van der Waals surface area contributed by atoms with Gasteiger partial charge in [-0.1, -0.05) is 48.6 Å². The number of rotatable bonds is 11. The summed E-state index contributed by atoms with van der Waals surface area (Å²) in [5, 5.41) is 0. The first-order chi connectivity index (χ1) is 23.5. The number of carbonyl (C=O) groups excluding carboxylic acids is 2.